The summed E-state index contributed by atoms with van der Waals surface area (Å²) in [5, 5.41) is 2.95. The molecule has 0 aliphatic rings. The van der Waals surface area contributed by atoms with E-state index in [1.54, 1.807) is 0 Å². The Morgan fingerprint density at radius 2 is 2.31 bits per heavy atom. The first-order valence-electron chi connectivity index (χ1n) is 5.23. The molecule has 1 rings (SSSR count). The normalized spacial score (nSPS) is 12.2. The van der Waals surface area contributed by atoms with E-state index in [4.69, 9.17) is 11.6 Å². The predicted molar refractivity (Wildman–Crippen MR) is 70.8 cm³/mol. The highest BCUT2D eigenvalue weighted by molar-refractivity contribution is 9.10. The number of amides is 1. The number of halogens is 2. The summed E-state index contributed by atoms with van der Waals surface area (Å²) in [4.78, 5) is 11.5. The summed E-state index contributed by atoms with van der Waals surface area (Å²) in [7, 11) is 0. The van der Waals surface area contributed by atoms with Crippen LogP contribution in [0.2, 0.25) is 0 Å². The molecule has 1 atom stereocenters. The van der Waals surface area contributed by atoms with Crippen molar-refractivity contribution < 1.29 is 4.79 Å². The molecule has 1 amide bonds. The zero-order valence-electron chi connectivity index (χ0n) is 9.17. The molecule has 1 aromatic carbocycles. The van der Waals surface area contributed by atoms with Gasteiger partial charge < -0.3 is 5.32 Å². The van der Waals surface area contributed by atoms with Gasteiger partial charge in [-0.1, -0.05) is 28.1 Å². The van der Waals surface area contributed by atoms with E-state index >= 15 is 0 Å². The van der Waals surface area contributed by atoms with Gasteiger partial charge in [0, 0.05) is 16.4 Å². The first-order chi connectivity index (χ1) is 7.58. The lowest BCUT2D eigenvalue weighted by Gasteiger charge is -2.06. The second-order valence-corrected chi connectivity index (χ2v) is 5.39. The van der Waals surface area contributed by atoms with Gasteiger partial charge >= 0.3 is 0 Å². The zero-order valence-corrected chi connectivity index (χ0v) is 11.5. The number of benzene rings is 1. The van der Waals surface area contributed by atoms with Crippen LogP contribution in [0.4, 0.5) is 0 Å². The molecule has 4 heteroatoms. The number of carbonyl (C=O) groups is 1. The largest absolute Gasteiger partial charge is 0.356 e. The molecule has 0 aliphatic heterocycles. The van der Waals surface area contributed by atoms with Gasteiger partial charge in [0.15, 0.2) is 0 Å². The lowest BCUT2D eigenvalue weighted by atomic mass is 10.1. The van der Waals surface area contributed by atoms with Gasteiger partial charge in [0.1, 0.15) is 0 Å². The molecular formula is C12H15BrClNO. The Kier molecular flexibility index (Phi) is 5.85. The fourth-order valence-corrected chi connectivity index (χ4v) is 1.86. The Hall–Kier alpha value is -0.540. The molecule has 0 aliphatic carbocycles. The number of hydrogen-bond acceptors (Lipinski definition) is 1. The highest BCUT2D eigenvalue weighted by atomic mass is 79.9. The van der Waals surface area contributed by atoms with Gasteiger partial charge in [0.05, 0.1) is 6.42 Å². The highest BCUT2D eigenvalue weighted by Gasteiger charge is 2.04. The number of alkyl halides is 1. The molecule has 0 fully saturated rings. The standard InChI is InChI=1S/C12H15BrClNO/c1-9(14)5-6-15-12(16)8-10-3-2-4-11(13)7-10/h2-4,7,9H,5-6,8H2,1H3,(H,15,16). The molecule has 0 spiro atoms. The van der Waals surface area contributed by atoms with Crippen molar-refractivity contribution >= 4 is 33.4 Å². The van der Waals surface area contributed by atoms with Gasteiger partial charge in [-0.05, 0) is 31.0 Å². The topological polar surface area (TPSA) is 29.1 Å². The molecule has 1 aromatic rings. The van der Waals surface area contributed by atoms with Crippen molar-refractivity contribution in [2.45, 2.75) is 25.1 Å². The smallest absolute Gasteiger partial charge is 0.224 e. The Labute approximate surface area is 110 Å². The van der Waals surface area contributed by atoms with E-state index in [-0.39, 0.29) is 11.3 Å². The van der Waals surface area contributed by atoms with E-state index in [2.05, 4.69) is 21.2 Å². The summed E-state index contributed by atoms with van der Waals surface area (Å²) in [5.41, 5.74) is 1.01. The van der Waals surface area contributed by atoms with Crippen LogP contribution in [-0.2, 0) is 11.2 Å². The van der Waals surface area contributed by atoms with Gasteiger partial charge in [-0.15, -0.1) is 11.6 Å². The molecule has 0 bridgehead atoms. The molecular weight excluding hydrogens is 289 g/mol. The molecule has 1 unspecified atom stereocenters. The quantitative estimate of drug-likeness (QED) is 0.832. The van der Waals surface area contributed by atoms with Gasteiger partial charge in [0.25, 0.3) is 0 Å². The summed E-state index contributed by atoms with van der Waals surface area (Å²) < 4.78 is 0.993. The molecule has 0 aromatic heterocycles. The van der Waals surface area contributed by atoms with E-state index in [0.717, 1.165) is 16.5 Å². The van der Waals surface area contributed by atoms with Crippen LogP contribution in [0.1, 0.15) is 18.9 Å². The van der Waals surface area contributed by atoms with E-state index in [0.29, 0.717) is 13.0 Å². The van der Waals surface area contributed by atoms with Crippen LogP contribution < -0.4 is 5.32 Å². The maximum atomic E-state index is 11.5. The maximum Gasteiger partial charge on any atom is 0.224 e. The van der Waals surface area contributed by atoms with Crippen LogP contribution >= 0.6 is 27.5 Å². The minimum absolute atomic E-state index is 0.0374. The minimum atomic E-state index is 0.0374. The van der Waals surface area contributed by atoms with Gasteiger partial charge in [0.2, 0.25) is 5.91 Å². The van der Waals surface area contributed by atoms with Crippen molar-refractivity contribution in [1.82, 2.24) is 5.32 Å². The third-order valence-electron chi connectivity index (χ3n) is 2.12. The van der Waals surface area contributed by atoms with Crippen molar-refractivity contribution in [3.63, 3.8) is 0 Å². The second-order valence-electron chi connectivity index (χ2n) is 3.73. The number of rotatable bonds is 5. The molecule has 0 heterocycles. The third kappa shape index (κ3) is 5.52. The molecule has 0 saturated carbocycles. The summed E-state index contributed by atoms with van der Waals surface area (Å²) in [6.07, 6.45) is 1.21. The molecule has 0 saturated heterocycles. The van der Waals surface area contributed by atoms with Crippen molar-refractivity contribution in [3.8, 4) is 0 Å². The lowest BCUT2D eigenvalue weighted by molar-refractivity contribution is -0.120. The summed E-state index contributed by atoms with van der Waals surface area (Å²) in [6.45, 7) is 2.56. The fourth-order valence-electron chi connectivity index (χ4n) is 1.31. The van der Waals surface area contributed by atoms with Crippen LogP contribution in [0.5, 0.6) is 0 Å². The first kappa shape index (κ1) is 13.5. The van der Waals surface area contributed by atoms with E-state index in [1.807, 2.05) is 31.2 Å². The molecule has 88 valence electrons. The van der Waals surface area contributed by atoms with Gasteiger partial charge in [-0.3, -0.25) is 4.79 Å². The monoisotopic (exact) mass is 303 g/mol. The van der Waals surface area contributed by atoms with Crippen molar-refractivity contribution in [2.24, 2.45) is 0 Å². The van der Waals surface area contributed by atoms with E-state index in [9.17, 15) is 4.79 Å². The van der Waals surface area contributed by atoms with Crippen LogP contribution in [-0.4, -0.2) is 17.8 Å². The lowest BCUT2D eigenvalue weighted by Crippen LogP contribution is -2.27. The van der Waals surface area contributed by atoms with Crippen LogP contribution in [0.25, 0.3) is 0 Å². The van der Waals surface area contributed by atoms with Gasteiger partial charge in [-0.2, -0.15) is 0 Å². The Balaban J connectivity index is 2.34. The number of nitrogens with one attached hydrogen (secondary N) is 1. The molecule has 1 N–H and O–H groups in total. The molecule has 2 nitrogen and oxygen atoms in total. The second kappa shape index (κ2) is 6.92. The molecule has 0 radical (unpaired) electrons. The SMILES string of the molecule is CC(Cl)CCNC(=O)Cc1cccc(Br)c1. The predicted octanol–water partition coefficient (Wildman–Crippen LogP) is 3.13. The maximum absolute atomic E-state index is 11.5. The Morgan fingerprint density at radius 3 is 2.94 bits per heavy atom. The zero-order chi connectivity index (χ0) is 12.0. The Morgan fingerprint density at radius 1 is 1.56 bits per heavy atom. The third-order valence-corrected chi connectivity index (χ3v) is 2.83. The average Bonchev–Trinajstić information content (AvgIpc) is 2.16. The summed E-state index contributed by atoms with van der Waals surface area (Å²) >= 11 is 9.16. The van der Waals surface area contributed by atoms with Crippen LogP contribution in [0.15, 0.2) is 28.7 Å². The fraction of sp³-hybridized carbons (Fsp3) is 0.417. The summed E-state index contributed by atoms with van der Waals surface area (Å²) in [6, 6.07) is 7.75. The first-order valence-corrected chi connectivity index (χ1v) is 6.46. The Bertz CT molecular complexity index is 355. The van der Waals surface area contributed by atoms with Gasteiger partial charge in [-0.25, -0.2) is 0 Å². The highest BCUT2D eigenvalue weighted by Crippen LogP contribution is 2.11. The van der Waals surface area contributed by atoms with Crippen molar-refractivity contribution in [3.05, 3.63) is 34.3 Å². The van der Waals surface area contributed by atoms with Crippen LogP contribution in [0, 0.1) is 0 Å². The minimum Gasteiger partial charge on any atom is -0.356 e. The van der Waals surface area contributed by atoms with Crippen molar-refractivity contribution in [2.75, 3.05) is 6.54 Å². The van der Waals surface area contributed by atoms with E-state index < -0.39 is 0 Å². The van der Waals surface area contributed by atoms with Crippen molar-refractivity contribution in [1.29, 1.82) is 0 Å². The average molecular weight is 305 g/mol. The number of hydrogen-bond donors (Lipinski definition) is 1. The molecule has 16 heavy (non-hydrogen) atoms. The number of carbonyl (C=O) groups excluding carboxylic acids is 1. The van der Waals surface area contributed by atoms with Crippen LogP contribution in [0.3, 0.4) is 0 Å². The van der Waals surface area contributed by atoms with E-state index in [1.165, 1.54) is 0 Å². The summed E-state index contributed by atoms with van der Waals surface area (Å²) in [5.74, 6) is 0.0374.